The van der Waals surface area contributed by atoms with Gasteiger partial charge in [-0.2, -0.15) is 0 Å². The first-order valence-electron chi connectivity index (χ1n) is 5.85. The molecule has 3 nitrogen and oxygen atoms in total. The molecule has 2 rings (SSSR count). The van der Waals surface area contributed by atoms with Gasteiger partial charge in [0.05, 0.1) is 18.9 Å². The molecule has 1 saturated heterocycles. The highest BCUT2D eigenvalue weighted by atomic mass is 79.9. The van der Waals surface area contributed by atoms with E-state index in [0.717, 1.165) is 54.0 Å². The van der Waals surface area contributed by atoms with Crippen LogP contribution in [0.3, 0.4) is 0 Å². The maximum atomic E-state index is 5.97. The fourth-order valence-electron chi connectivity index (χ4n) is 1.87. The zero-order valence-corrected chi connectivity index (χ0v) is 13.8. The van der Waals surface area contributed by atoms with Crippen LogP contribution < -0.4 is 5.32 Å². The zero-order chi connectivity index (χ0) is 13.0. The van der Waals surface area contributed by atoms with Gasteiger partial charge in [-0.05, 0) is 44.0 Å². The van der Waals surface area contributed by atoms with Crippen LogP contribution >= 0.6 is 43.5 Å². The average molecular weight is 399 g/mol. The topological polar surface area (TPSA) is 24.5 Å². The minimum absolute atomic E-state index is 0.715. The van der Waals surface area contributed by atoms with Crippen molar-refractivity contribution in [3.63, 3.8) is 0 Å². The number of nitrogens with zero attached hydrogens (tertiary/aromatic N) is 1. The maximum absolute atomic E-state index is 5.97. The van der Waals surface area contributed by atoms with Gasteiger partial charge in [0.25, 0.3) is 0 Å². The number of benzene rings is 1. The summed E-state index contributed by atoms with van der Waals surface area (Å²) in [5, 5.41) is 4.14. The molecule has 0 spiro atoms. The summed E-state index contributed by atoms with van der Waals surface area (Å²) in [7, 11) is 0. The lowest BCUT2D eigenvalue weighted by Crippen LogP contribution is -2.39. The summed E-state index contributed by atoms with van der Waals surface area (Å²) in [5.74, 6) is 0. The van der Waals surface area contributed by atoms with E-state index in [1.807, 2.05) is 12.1 Å². The lowest BCUT2D eigenvalue weighted by Gasteiger charge is -2.26. The highest BCUT2D eigenvalue weighted by Gasteiger charge is 2.11. The first-order valence-corrected chi connectivity index (χ1v) is 7.82. The molecule has 100 valence electrons. The number of anilines is 1. The van der Waals surface area contributed by atoms with E-state index in [1.54, 1.807) is 0 Å². The molecule has 1 aliphatic rings. The van der Waals surface area contributed by atoms with Crippen molar-refractivity contribution in [2.75, 3.05) is 44.7 Å². The van der Waals surface area contributed by atoms with Crippen molar-refractivity contribution in [1.82, 2.24) is 4.90 Å². The van der Waals surface area contributed by atoms with Crippen molar-refractivity contribution in [2.24, 2.45) is 0 Å². The third kappa shape index (κ3) is 4.10. The molecule has 0 bridgehead atoms. The fraction of sp³-hybridized carbons (Fsp3) is 0.500. The summed E-state index contributed by atoms with van der Waals surface area (Å²) < 4.78 is 7.28. The molecule has 1 fully saturated rings. The van der Waals surface area contributed by atoms with Crippen LogP contribution in [0.2, 0.25) is 5.02 Å². The van der Waals surface area contributed by atoms with Gasteiger partial charge in [-0.3, -0.25) is 4.90 Å². The smallest absolute Gasteiger partial charge is 0.0630 e. The normalized spacial score (nSPS) is 16.8. The summed E-state index contributed by atoms with van der Waals surface area (Å²) in [5.41, 5.74) is 1.05. The molecule has 1 aliphatic heterocycles. The lowest BCUT2D eigenvalue weighted by molar-refractivity contribution is 0.0398. The molecule has 0 unspecified atom stereocenters. The first kappa shape index (κ1) is 14.6. The Morgan fingerprint density at radius 1 is 1.22 bits per heavy atom. The van der Waals surface area contributed by atoms with Gasteiger partial charge in [-0.25, -0.2) is 0 Å². The zero-order valence-electron chi connectivity index (χ0n) is 9.89. The maximum Gasteiger partial charge on any atom is 0.0630 e. The Morgan fingerprint density at radius 2 is 1.83 bits per heavy atom. The molecule has 18 heavy (non-hydrogen) atoms. The van der Waals surface area contributed by atoms with Crippen molar-refractivity contribution in [1.29, 1.82) is 0 Å². The Kier molecular flexibility index (Phi) is 5.76. The number of rotatable bonds is 4. The predicted octanol–water partition coefficient (Wildman–Crippen LogP) is 3.61. The second-order valence-corrected chi connectivity index (χ2v) is 6.27. The van der Waals surface area contributed by atoms with Gasteiger partial charge >= 0.3 is 0 Å². The molecular formula is C12H15Br2ClN2O. The molecule has 6 heteroatoms. The molecule has 0 radical (unpaired) electrons. The Labute approximate surface area is 129 Å². The van der Waals surface area contributed by atoms with E-state index < -0.39 is 0 Å². The molecule has 0 aliphatic carbocycles. The number of nitrogens with one attached hydrogen (secondary N) is 1. The van der Waals surface area contributed by atoms with E-state index in [2.05, 4.69) is 42.1 Å². The minimum Gasteiger partial charge on any atom is -0.382 e. The van der Waals surface area contributed by atoms with Gasteiger partial charge in [-0.15, -0.1) is 0 Å². The molecule has 1 heterocycles. The number of halogens is 3. The summed E-state index contributed by atoms with van der Waals surface area (Å²) >= 11 is 13.0. The Bertz CT molecular complexity index is 388. The third-order valence-corrected chi connectivity index (χ3v) is 4.31. The van der Waals surface area contributed by atoms with E-state index in [-0.39, 0.29) is 0 Å². The van der Waals surface area contributed by atoms with E-state index in [9.17, 15) is 0 Å². The second-order valence-electron chi connectivity index (χ2n) is 4.13. The van der Waals surface area contributed by atoms with E-state index in [0.29, 0.717) is 5.02 Å². The molecule has 0 aromatic heterocycles. The van der Waals surface area contributed by atoms with Crippen LogP contribution in [0.4, 0.5) is 5.69 Å². The van der Waals surface area contributed by atoms with E-state index in [4.69, 9.17) is 16.3 Å². The van der Waals surface area contributed by atoms with Crippen LogP contribution in [0.1, 0.15) is 0 Å². The second kappa shape index (κ2) is 7.10. The van der Waals surface area contributed by atoms with Gasteiger partial charge in [-0.1, -0.05) is 11.6 Å². The molecule has 0 atom stereocenters. The van der Waals surface area contributed by atoms with Crippen LogP contribution in [0.15, 0.2) is 21.1 Å². The Morgan fingerprint density at radius 3 is 2.44 bits per heavy atom. The highest BCUT2D eigenvalue weighted by molar-refractivity contribution is 9.11. The van der Waals surface area contributed by atoms with Gasteiger partial charge in [0, 0.05) is 40.1 Å². The number of hydrogen-bond donors (Lipinski definition) is 1. The largest absolute Gasteiger partial charge is 0.382 e. The summed E-state index contributed by atoms with van der Waals surface area (Å²) in [4.78, 5) is 2.40. The van der Waals surface area contributed by atoms with Crippen molar-refractivity contribution in [3.05, 3.63) is 26.1 Å². The molecule has 0 amide bonds. The first-order chi connectivity index (χ1) is 8.66. The van der Waals surface area contributed by atoms with Crippen LogP contribution in [0, 0.1) is 0 Å². The number of ether oxygens (including phenoxy) is 1. The van der Waals surface area contributed by atoms with Crippen LogP contribution in [-0.2, 0) is 4.74 Å². The fourth-order valence-corrected chi connectivity index (χ4v) is 3.82. The van der Waals surface area contributed by atoms with Gasteiger partial charge < -0.3 is 10.1 Å². The van der Waals surface area contributed by atoms with E-state index >= 15 is 0 Å². The van der Waals surface area contributed by atoms with Crippen molar-refractivity contribution in [2.45, 2.75) is 0 Å². The Hall–Kier alpha value is 0.190. The number of hydrogen-bond acceptors (Lipinski definition) is 3. The molecule has 1 aromatic rings. The molecule has 1 aromatic carbocycles. The van der Waals surface area contributed by atoms with Crippen LogP contribution in [-0.4, -0.2) is 44.3 Å². The third-order valence-electron chi connectivity index (χ3n) is 2.84. The van der Waals surface area contributed by atoms with Gasteiger partial charge in [0.1, 0.15) is 0 Å². The van der Waals surface area contributed by atoms with Crippen molar-refractivity contribution < 1.29 is 4.74 Å². The highest BCUT2D eigenvalue weighted by Crippen LogP contribution is 2.33. The average Bonchev–Trinajstić information content (AvgIpc) is 2.34. The standard InChI is InChI=1S/C12H15Br2ClN2O/c13-10-7-9(15)8-11(14)12(10)16-1-2-17-3-5-18-6-4-17/h7-8,16H,1-6H2. The van der Waals surface area contributed by atoms with Crippen LogP contribution in [0.5, 0.6) is 0 Å². The summed E-state index contributed by atoms with van der Waals surface area (Å²) in [6.45, 7) is 5.64. The van der Waals surface area contributed by atoms with Gasteiger partial charge in [0.2, 0.25) is 0 Å². The van der Waals surface area contributed by atoms with E-state index in [1.165, 1.54) is 0 Å². The van der Waals surface area contributed by atoms with Gasteiger partial charge in [0.15, 0.2) is 0 Å². The molecule has 0 saturated carbocycles. The Balaban J connectivity index is 1.86. The van der Waals surface area contributed by atoms with Crippen LogP contribution in [0.25, 0.3) is 0 Å². The summed E-state index contributed by atoms with van der Waals surface area (Å²) in [6, 6.07) is 3.78. The molecule has 1 N–H and O–H groups in total. The molecular weight excluding hydrogens is 383 g/mol. The van der Waals surface area contributed by atoms with Crippen molar-refractivity contribution in [3.8, 4) is 0 Å². The predicted molar refractivity (Wildman–Crippen MR) is 82.6 cm³/mol. The van der Waals surface area contributed by atoms with Crippen molar-refractivity contribution >= 4 is 49.1 Å². The quantitative estimate of drug-likeness (QED) is 0.839. The SMILES string of the molecule is Clc1cc(Br)c(NCCN2CCOCC2)c(Br)c1. The monoisotopic (exact) mass is 396 g/mol. The minimum atomic E-state index is 0.715. The summed E-state index contributed by atoms with van der Waals surface area (Å²) in [6.07, 6.45) is 0. The number of morpholine rings is 1. The lowest BCUT2D eigenvalue weighted by atomic mass is 10.3.